The highest BCUT2D eigenvalue weighted by atomic mass is 16.5. The highest BCUT2D eigenvalue weighted by Crippen LogP contribution is 2.42. The van der Waals surface area contributed by atoms with Crippen molar-refractivity contribution in [1.29, 1.82) is 0 Å². The first-order valence-electron chi connectivity index (χ1n) is 11.8. The molecule has 6 nitrogen and oxygen atoms in total. The molecule has 1 unspecified atom stereocenters. The number of hydrogen-bond acceptors (Lipinski definition) is 5. The van der Waals surface area contributed by atoms with E-state index in [1.165, 1.54) is 11.0 Å². The molecule has 1 amide bonds. The molecule has 1 aliphatic rings. The zero-order valence-electron chi connectivity index (χ0n) is 21.0. The van der Waals surface area contributed by atoms with Gasteiger partial charge < -0.3 is 9.84 Å². The van der Waals surface area contributed by atoms with Gasteiger partial charge in [0.05, 0.1) is 23.3 Å². The summed E-state index contributed by atoms with van der Waals surface area (Å²) in [6.45, 7) is 9.31. The number of aliphatic hydroxyl groups excluding tert-OH is 1. The van der Waals surface area contributed by atoms with Crippen molar-refractivity contribution in [2.45, 2.75) is 46.8 Å². The highest BCUT2D eigenvalue weighted by Gasteiger charge is 2.47. The first-order chi connectivity index (χ1) is 17.1. The Hall–Kier alpha value is -4.19. The number of Topliss-reactive ketones (excluding diaryl/α,β-unsaturated/α-hetero) is 1. The maximum Gasteiger partial charge on any atom is 0.338 e. The van der Waals surface area contributed by atoms with Gasteiger partial charge in [-0.15, -0.1) is 0 Å². The van der Waals surface area contributed by atoms with Crippen LogP contribution in [-0.2, 0) is 14.3 Å². The molecule has 1 N–H and O–H groups in total. The summed E-state index contributed by atoms with van der Waals surface area (Å²) < 4.78 is 5.31. The third-order valence-electron chi connectivity index (χ3n) is 6.29. The van der Waals surface area contributed by atoms with Gasteiger partial charge in [0.1, 0.15) is 5.76 Å². The van der Waals surface area contributed by atoms with Crippen molar-refractivity contribution in [3.63, 3.8) is 0 Å². The molecule has 3 aromatic rings. The Morgan fingerprint density at radius 3 is 2.28 bits per heavy atom. The summed E-state index contributed by atoms with van der Waals surface area (Å²) in [5.41, 5.74) is 4.71. The first-order valence-corrected chi connectivity index (χ1v) is 11.8. The van der Waals surface area contributed by atoms with Crippen LogP contribution in [0.5, 0.6) is 0 Å². The predicted molar refractivity (Wildman–Crippen MR) is 139 cm³/mol. The molecule has 0 aromatic heterocycles. The molecule has 1 fully saturated rings. The van der Waals surface area contributed by atoms with Crippen molar-refractivity contribution < 1.29 is 24.2 Å². The summed E-state index contributed by atoms with van der Waals surface area (Å²) in [5, 5.41) is 11.3. The molecule has 1 saturated heterocycles. The van der Waals surface area contributed by atoms with Crippen molar-refractivity contribution >= 4 is 29.1 Å². The second-order valence-corrected chi connectivity index (χ2v) is 9.39. The Morgan fingerprint density at radius 2 is 1.61 bits per heavy atom. The molecule has 0 radical (unpaired) electrons. The fourth-order valence-corrected chi connectivity index (χ4v) is 4.36. The number of anilines is 1. The van der Waals surface area contributed by atoms with E-state index in [0.29, 0.717) is 16.8 Å². The molecule has 6 heteroatoms. The number of ether oxygens (including phenoxy) is 1. The van der Waals surface area contributed by atoms with Crippen LogP contribution in [0, 0.1) is 20.8 Å². The summed E-state index contributed by atoms with van der Waals surface area (Å²) in [5.74, 6) is -2.32. The van der Waals surface area contributed by atoms with E-state index in [0.717, 1.165) is 16.7 Å². The number of ketones is 1. The Kier molecular flexibility index (Phi) is 6.80. The Labute approximate surface area is 210 Å². The number of benzene rings is 3. The van der Waals surface area contributed by atoms with E-state index in [1.807, 2.05) is 51.1 Å². The molecule has 4 rings (SSSR count). The quantitative estimate of drug-likeness (QED) is 0.214. The van der Waals surface area contributed by atoms with Gasteiger partial charge in [0, 0.05) is 11.3 Å². The van der Waals surface area contributed by atoms with Gasteiger partial charge in [-0.3, -0.25) is 14.5 Å². The monoisotopic (exact) mass is 483 g/mol. The number of esters is 1. The van der Waals surface area contributed by atoms with Gasteiger partial charge in [-0.2, -0.15) is 0 Å². The summed E-state index contributed by atoms with van der Waals surface area (Å²) in [4.78, 5) is 40.7. The fourth-order valence-electron chi connectivity index (χ4n) is 4.36. The van der Waals surface area contributed by atoms with Crippen LogP contribution in [0.15, 0.2) is 72.3 Å². The van der Waals surface area contributed by atoms with Gasteiger partial charge in [-0.05, 0) is 75.6 Å². The number of carbonyl (C=O) groups is 3. The summed E-state index contributed by atoms with van der Waals surface area (Å²) in [6.07, 6.45) is -0.305. The second-order valence-electron chi connectivity index (χ2n) is 9.39. The standard InChI is InChI=1S/C30H29NO5/c1-17(2)36-30(35)23-10-7-11-24(16-23)31-26(21-9-6-8-18(3)14-21)25(28(33)29(31)34)27(32)22-13-12-19(4)20(5)15-22/h6-17,26,32H,1-5H3/b27-25+. The van der Waals surface area contributed by atoms with Crippen LogP contribution >= 0.6 is 0 Å². The minimum atomic E-state index is -0.872. The third-order valence-corrected chi connectivity index (χ3v) is 6.29. The average molecular weight is 484 g/mol. The van der Waals surface area contributed by atoms with Gasteiger partial charge in [-0.25, -0.2) is 4.79 Å². The lowest BCUT2D eigenvalue weighted by molar-refractivity contribution is -0.132. The van der Waals surface area contributed by atoms with Gasteiger partial charge >= 0.3 is 5.97 Å². The highest BCUT2D eigenvalue weighted by molar-refractivity contribution is 6.51. The van der Waals surface area contributed by atoms with E-state index < -0.39 is 23.7 Å². The molecule has 0 saturated carbocycles. The average Bonchev–Trinajstić information content (AvgIpc) is 3.10. The predicted octanol–water partition coefficient (Wildman–Crippen LogP) is 5.80. The second kappa shape index (κ2) is 9.82. The molecular weight excluding hydrogens is 454 g/mol. The summed E-state index contributed by atoms with van der Waals surface area (Å²) in [7, 11) is 0. The van der Waals surface area contributed by atoms with Crippen LogP contribution in [0.1, 0.15) is 58.1 Å². The molecule has 0 bridgehead atoms. The lowest BCUT2D eigenvalue weighted by Gasteiger charge is -2.26. The maximum atomic E-state index is 13.4. The SMILES string of the molecule is Cc1cccc(C2/C(=C(\O)c3ccc(C)c(C)c3)C(=O)C(=O)N2c2cccc(C(=O)OC(C)C)c2)c1. The van der Waals surface area contributed by atoms with E-state index in [2.05, 4.69) is 0 Å². The van der Waals surface area contributed by atoms with Crippen molar-refractivity contribution in [1.82, 2.24) is 0 Å². The number of rotatable bonds is 5. The minimum Gasteiger partial charge on any atom is -0.507 e. The molecule has 3 aromatic carbocycles. The molecule has 0 spiro atoms. The lowest BCUT2D eigenvalue weighted by Crippen LogP contribution is -2.29. The van der Waals surface area contributed by atoms with Crippen LogP contribution in [-0.4, -0.2) is 28.9 Å². The van der Waals surface area contributed by atoms with Gasteiger partial charge in [-0.1, -0.05) is 48.0 Å². The van der Waals surface area contributed by atoms with Crippen molar-refractivity contribution in [2.75, 3.05) is 4.90 Å². The van der Waals surface area contributed by atoms with E-state index in [9.17, 15) is 19.5 Å². The fraction of sp³-hybridized carbons (Fsp3) is 0.233. The van der Waals surface area contributed by atoms with Gasteiger partial charge in [0.25, 0.3) is 11.7 Å². The number of aryl methyl sites for hydroxylation is 3. The number of carbonyl (C=O) groups excluding carboxylic acids is 3. The van der Waals surface area contributed by atoms with Crippen LogP contribution in [0.25, 0.3) is 5.76 Å². The molecule has 36 heavy (non-hydrogen) atoms. The van der Waals surface area contributed by atoms with E-state index in [-0.39, 0.29) is 23.0 Å². The number of amides is 1. The smallest absolute Gasteiger partial charge is 0.338 e. The van der Waals surface area contributed by atoms with Gasteiger partial charge in [0.15, 0.2) is 0 Å². The lowest BCUT2D eigenvalue weighted by atomic mass is 9.93. The first kappa shape index (κ1) is 24.9. The molecule has 184 valence electrons. The van der Waals surface area contributed by atoms with E-state index >= 15 is 0 Å². The minimum absolute atomic E-state index is 0.00372. The number of hydrogen-bond donors (Lipinski definition) is 1. The Balaban J connectivity index is 1.91. The zero-order chi connectivity index (χ0) is 26.1. The molecular formula is C30H29NO5. The number of aliphatic hydroxyl groups is 1. The summed E-state index contributed by atoms with van der Waals surface area (Å²) in [6, 6.07) is 18.4. The third kappa shape index (κ3) is 4.67. The van der Waals surface area contributed by atoms with Crippen LogP contribution in [0.3, 0.4) is 0 Å². The normalized spacial score (nSPS) is 17.1. The number of nitrogens with zero attached hydrogens (tertiary/aromatic N) is 1. The van der Waals surface area contributed by atoms with E-state index in [4.69, 9.17) is 4.74 Å². The summed E-state index contributed by atoms with van der Waals surface area (Å²) >= 11 is 0. The van der Waals surface area contributed by atoms with Crippen molar-refractivity contribution in [3.8, 4) is 0 Å². The maximum absolute atomic E-state index is 13.4. The topological polar surface area (TPSA) is 83.9 Å². The molecule has 1 heterocycles. The molecule has 1 atom stereocenters. The Bertz CT molecular complexity index is 1400. The van der Waals surface area contributed by atoms with Crippen molar-refractivity contribution in [3.05, 3.63) is 106 Å². The van der Waals surface area contributed by atoms with Gasteiger partial charge in [0.2, 0.25) is 0 Å². The molecule has 1 aliphatic heterocycles. The largest absolute Gasteiger partial charge is 0.507 e. The molecule has 0 aliphatic carbocycles. The zero-order valence-corrected chi connectivity index (χ0v) is 21.0. The van der Waals surface area contributed by atoms with Crippen LogP contribution in [0.2, 0.25) is 0 Å². The van der Waals surface area contributed by atoms with E-state index in [1.54, 1.807) is 44.2 Å². The van der Waals surface area contributed by atoms with Crippen LogP contribution < -0.4 is 4.90 Å². The van der Waals surface area contributed by atoms with Crippen LogP contribution in [0.4, 0.5) is 5.69 Å². The Morgan fingerprint density at radius 1 is 0.889 bits per heavy atom. The van der Waals surface area contributed by atoms with Crippen molar-refractivity contribution in [2.24, 2.45) is 0 Å².